The Morgan fingerprint density at radius 2 is 2.04 bits per heavy atom. The Balaban J connectivity index is 1.60. The Bertz CT molecular complexity index is 566. The van der Waals surface area contributed by atoms with Crippen molar-refractivity contribution in [1.29, 1.82) is 0 Å². The highest BCUT2D eigenvalue weighted by Crippen LogP contribution is 2.29. The molecular weight excluding hydrogens is 320 g/mol. The maximum atomic E-state index is 12.5. The summed E-state index contributed by atoms with van der Waals surface area (Å²) in [6, 6.07) is 3.40. The minimum Gasteiger partial charge on any atom is -0.550 e. The van der Waals surface area contributed by atoms with Crippen LogP contribution in [0.3, 0.4) is 0 Å². The zero-order valence-electron chi connectivity index (χ0n) is 14.7. The molecule has 0 radical (unpaired) electrons. The first kappa shape index (κ1) is 18.0. The highest BCUT2D eigenvalue weighted by atomic mass is 16.4. The summed E-state index contributed by atoms with van der Waals surface area (Å²) >= 11 is 0. The number of likely N-dealkylation sites (tertiary alicyclic amines) is 2. The van der Waals surface area contributed by atoms with Crippen LogP contribution >= 0.6 is 0 Å². The molecule has 2 saturated heterocycles. The molecule has 0 bridgehead atoms. The predicted octanol–water partition coefficient (Wildman–Crippen LogP) is -0.0432. The molecule has 25 heavy (non-hydrogen) atoms. The number of quaternary nitrogens is 1. The lowest BCUT2D eigenvalue weighted by Gasteiger charge is -2.39. The van der Waals surface area contributed by atoms with Gasteiger partial charge in [0.2, 0.25) is 0 Å². The Hall–Kier alpha value is -1.82. The second-order valence-corrected chi connectivity index (χ2v) is 7.46. The van der Waals surface area contributed by atoms with Crippen molar-refractivity contribution in [2.45, 2.75) is 38.5 Å². The van der Waals surface area contributed by atoms with E-state index in [4.69, 9.17) is 4.42 Å². The lowest BCUT2D eigenvalue weighted by Crippen LogP contribution is -3.12. The van der Waals surface area contributed by atoms with E-state index in [0.29, 0.717) is 18.8 Å². The molecule has 0 saturated carbocycles. The molecule has 0 aliphatic carbocycles. The summed E-state index contributed by atoms with van der Waals surface area (Å²) in [5.74, 6) is -0.382. The van der Waals surface area contributed by atoms with Gasteiger partial charge >= 0.3 is 0 Å². The molecule has 0 aromatic carbocycles. The van der Waals surface area contributed by atoms with Crippen molar-refractivity contribution >= 4 is 11.9 Å². The summed E-state index contributed by atoms with van der Waals surface area (Å²) in [5, 5.41) is 11.1. The second kappa shape index (κ2) is 8.52. The Morgan fingerprint density at radius 3 is 2.72 bits per heavy atom. The van der Waals surface area contributed by atoms with Gasteiger partial charge in [0.1, 0.15) is 0 Å². The van der Waals surface area contributed by atoms with E-state index in [9.17, 15) is 14.7 Å². The fourth-order valence-electron chi connectivity index (χ4n) is 4.32. The molecule has 6 heteroatoms. The number of carboxylic acids is 1. The van der Waals surface area contributed by atoms with Crippen molar-refractivity contribution in [3.05, 3.63) is 24.2 Å². The quantitative estimate of drug-likeness (QED) is 0.782. The van der Waals surface area contributed by atoms with Crippen LogP contribution in [0.2, 0.25) is 0 Å². The van der Waals surface area contributed by atoms with Crippen LogP contribution in [0.4, 0.5) is 0 Å². The Labute approximate surface area is 148 Å². The summed E-state index contributed by atoms with van der Waals surface area (Å²) in [5.41, 5.74) is 0. The first-order valence-electron chi connectivity index (χ1n) is 9.49. The molecule has 0 unspecified atom stereocenters. The molecule has 1 aromatic heterocycles. The van der Waals surface area contributed by atoms with Gasteiger partial charge in [-0.15, -0.1) is 0 Å². The fourth-order valence-corrected chi connectivity index (χ4v) is 4.32. The number of furan rings is 1. The van der Waals surface area contributed by atoms with Gasteiger partial charge in [0.15, 0.2) is 5.76 Å². The zero-order chi connectivity index (χ0) is 17.6. The molecule has 138 valence electrons. The van der Waals surface area contributed by atoms with Crippen LogP contribution in [-0.4, -0.2) is 49.5 Å². The number of carbonyl (C=O) groups excluding carboxylic acids is 2. The number of aliphatic carboxylic acids is 1. The smallest absolute Gasteiger partial charge is 0.289 e. The van der Waals surface area contributed by atoms with E-state index in [2.05, 4.69) is 0 Å². The molecule has 1 aromatic rings. The third kappa shape index (κ3) is 4.84. The SMILES string of the molecule is O=C([O-])C[C@@H]1CCN(C(=O)c2ccco2)C[C@@H]1CC[NH+]1CCCCC1. The molecule has 0 spiro atoms. The van der Waals surface area contributed by atoms with Gasteiger partial charge in [-0.2, -0.15) is 0 Å². The zero-order valence-corrected chi connectivity index (χ0v) is 14.7. The summed E-state index contributed by atoms with van der Waals surface area (Å²) in [6.07, 6.45) is 7.19. The van der Waals surface area contributed by atoms with Gasteiger partial charge < -0.3 is 24.1 Å². The van der Waals surface area contributed by atoms with Gasteiger partial charge in [-0.1, -0.05) is 0 Å². The summed E-state index contributed by atoms with van der Waals surface area (Å²) in [4.78, 5) is 27.1. The number of amides is 1. The standard InChI is InChI=1S/C19H28N2O4/c22-18(23)13-15-7-11-21(19(24)17-5-4-12-25-17)14-16(15)6-10-20-8-2-1-3-9-20/h4-5,12,15-16H,1-3,6-11,13-14H2,(H,22,23)/t15-,16-/m0/s1. The molecule has 1 N–H and O–H groups in total. The Kier molecular flexibility index (Phi) is 6.13. The van der Waals surface area contributed by atoms with Gasteiger partial charge in [-0.25, -0.2) is 0 Å². The summed E-state index contributed by atoms with van der Waals surface area (Å²) in [7, 11) is 0. The third-order valence-corrected chi connectivity index (χ3v) is 5.77. The number of hydrogen-bond donors (Lipinski definition) is 1. The average Bonchev–Trinajstić information content (AvgIpc) is 3.15. The molecule has 6 nitrogen and oxygen atoms in total. The van der Waals surface area contributed by atoms with Crippen LogP contribution in [0.5, 0.6) is 0 Å². The van der Waals surface area contributed by atoms with Crippen molar-refractivity contribution in [3.8, 4) is 0 Å². The molecule has 2 aliphatic heterocycles. The van der Waals surface area contributed by atoms with Gasteiger partial charge in [-0.05, 0) is 56.1 Å². The van der Waals surface area contributed by atoms with Gasteiger partial charge in [0.05, 0.1) is 25.9 Å². The van der Waals surface area contributed by atoms with Crippen LogP contribution in [0.25, 0.3) is 0 Å². The number of nitrogens with one attached hydrogen (secondary N) is 1. The Morgan fingerprint density at radius 1 is 1.24 bits per heavy atom. The number of carboxylic acid groups (broad SMARTS) is 1. The van der Waals surface area contributed by atoms with Crippen molar-refractivity contribution < 1.29 is 24.0 Å². The fraction of sp³-hybridized carbons (Fsp3) is 0.684. The van der Waals surface area contributed by atoms with E-state index in [0.717, 1.165) is 19.4 Å². The summed E-state index contributed by atoms with van der Waals surface area (Å²) < 4.78 is 5.23. The number of carbonyl (C=O) groups is 2. The first-order chi connectivity index (χ1) is 12.1. The van der Waals surface area contributed by atoms with Crippen LogP contribution < -0.4 is 10.0 Å². The largest absolute Gasteiger partial charge is 0.550 e. The molecular formula is C19H28N2O4. The molecule has 1 amide bonds. The number of rotatable bonds is 6. The minimum atomic E-state index is -0.980. The van der Waals surface area contributed by atoms with Crippen molar-refractivity contribution in [3.63, 3.8) is 0 Å². The predicted molar refractivity (Wildman–Crippen MR) is 89.9 cm³/mol. The minimum absolute atomic E-state index is 0.0905. The first-order valence-corrected chi connectivity index (χ1v) is 9.49. The average molecular weight is 348 g/mol. The number of nitrogens with zero attached hydrogens (tertiary/aromatic N) is 1. The molecule has 2 aliphatic rings. The van der Waals surface area contributed by atoms with E-state index < -0.39 is 5.97 Å². The van der Waals surface area contributed by atoms with E-state index >= 15 is 0 Å². The van der Waals surface area contributed by atoms with Crippen molar-refractivity contribution in [2.24, 2.45) is 11.8 Å². The second-order valence-electron chi connectivity index (χ2n) is 7.46. The van der Waals surface area contributed by atoms with Crippen LogP contribution in [0.15, 0.2) is 22.8 Å². The van der Waals surface area contributed by atoms with Crippen LogP contribution in [-0.2, 0) is 4.79 Å². The summed E-state index contributed by atoms with van der Waals surface area (Å²) in [6.45, 7) is 4.70. The van der Waals surface area contributed by atoms with Crippen LogP contribution in [0.1, 0.15) is 49.1 Å². The highest BCUT2D eigenvalue weighted by Gasteiger charge is 2.33. The normalized spacial score (nSPS) is 25.0. The maximum absolute atomic E-state index is 12.5. The van der Waals surface area contributed by atoms with Crippen molar-refractivity contribution in [2.75, 3.05) is 32.7 Å². The van der Waals surface area contributed by atoms with E-state index in [1.54, 1.807) is 17.0 Å². The van der Waals surface area contributed by atoms with Gasteiger partial charge in [0, 0.05) is 25.5 Å². The van der Waals surface area contributed by atoms with E-state index in [1.807, 2.05) is 4.90 Å². The van der Waals surface area contributed by atoms with Gasteiger partial charge in [0.25, 0.3) is 5.91 Å². The number of hydrogen-bond acceptors (Lipinski definition) is 4. The van der Waals surface area contributed by atoms with E-state index in [-0.39, 0.29) is 24.2 Å². The lowest BCUT2D eigenvalue weighted by atomic mass is 9.81. The topological polar surface area (TPSA) is 78.0 Å². The molecule has 3 rings (SSSR count). The maximum Gasteiger partial charge on any atom is 0.289 e. The number of piperidine rings is 2. The van der Waals surface area contributed by atoms with E-state index in [1.165, 1.54) is 38.6 Å². The van der Waals surface area contributed by atoms with Crippen molar-refractivity contribution in [1.82, 2.24) is 4.90 Å². The monoisotopic (exact) mass is 348 g/mol. The third-order valence-electron chi connectivity index (χ3n) is 5.77. The molecule has 2 fully saturated rings. The molecule has 2 atom stereocenters. The van der Waals surface area contributed by atoms with Crippen LogP contribution in [0, 0.1) is 11.8 Å². The highest BCUT2D eigenvalue weighted by molar-refractivity contribution is 5.91. The molecule has 3 heterocycles. The lowest BCUT2D eigenvalue weighted by molar-refractivity contribution is -0.905. The van der Waals surface area contributed by atoms with Gasteiger partial charge in [-0.3, -0.25) is 4.79 Å².